The zero-order valence-corrected chi connectivity index (χ0v) is 13.4. The van der Waals surface area contributed by atoms with E-state index < -0.39 is 10.0 Å². The fourth-order valence-electron chi connectivity index (χ4n) is 2.01. The number of nitrogens with zero attached hydrogens (tertiary/aromatic N) is 1. The third-order valence-corrected chi connectivity index (χ3v) is 5.22. The lowest BCUT2D eigenvalue weighted by Crippen LogP contribution is -2.28. The number of hydrogen-bond donors (Lipinski definition) is 1. The molecule has 2 aromatic rings. The molecule has 0 bridgehead atoms. The summed E-state index contributed by atoms with van der Waals surface area (Å²) < 4.78 is 26.8. The molecule has 6 heteroatoms. The lowest BCUT2D eigenvalue weighted by Gasteiger charge is -2.21. The van der Waals surface area contributed by atoms with Crippen LogP contribution in [-0.2, 0) is 10.0 Å². The summed E-state index contributed by atoms with van der Waals surface area (Å²) in [7, 11) is -2.20. The Kier molecular flexibility index (Phi) is 4.29. The number of benzene rings is 2. The van der Waals surface area contributed by atoms with Gasteiger partial charge in [-0.25, -0.2) is 8.42 Å². The van der Waals surface area contributed by atoms with Crippen molar-refractivity contribution in [3.63, 3.8) is 0 Å². The Balaban J connectivity index is 2.55. The minimum Gasteiger partial charge on any atom is -0.389 e. The van der Waals surface area contributed by atoms with Crippen molar-refractivity contribution in [1.82, 2.24) is 0 Å². The van der Waals surface area contributed by atoms with E-state index >= 15 is 0 Å². The Morgan fingerprint density at radius 1 is 1.14 bits per heavy atom. The van der Waals surface area contributed by atoms with Crippen molar-refractivity contribution in [1.29, 1.82) is 0 Å². The molecule has 0 unspecified atom stereocenters. The van der Waals surface area contributed by atoms with Crippen LogP contribution in [0.25, 0.3) is 0 Å². The third kappa shape index (κ3) is 3.06. The molecule has 0 atom stereocenters. The van der Waals surface area contributed by atoms with Gasteiger partial charge in [0.2, 0.25) is 0 Å². The van der Waals surface area contributed by atoms with Crippen molar-refractivity contribution in [3.05, 3.63) is 59.7 Å². The van der Waals surface area contributed by atoms with Crippen LogP contribution < -0.4 is 10.0 Å². The smallest absolute Gasteiger partial charge is 0.264 e. The van der Waals surface area contributed by atoms with Crippen LogP contribution in [0.5, 0.6) is 0 Å². The van der Waals surface area contributed by atoms with Gasteiger partial charge in [0.25, 0.3) is 10.0 Å². The molecule has 110 valence electrons. The van der Waals surface area contributed by atoms with Gasteiger partial charge in [-0.2, -0.15) is 0 Å². The number of anilines is 1. The van der Waals surface area contributed by atoms with E-state index in [1.165, 1.54) is 17.4 Å². The van der Waals surface area contributed by atoms with Gasteiger partial charge in [0.05, 0.1) is 10.6 Å². The van der Waals surface area contributed by atoms with E-state index in [0.29, 0.717) is 11.3 Å². The molecule has 0 aliphatic carbocycles. The first kappa shape index (κ1) is 15.5. The van der Waals surface area contributed by atoms with Crippen LogP contribution in [0.1, 0.15) is 11.1 Å². The van der Waals surface area contributed by atoms with Crippen LogP contribution in [0.2, 0.25) is 0 Å². The molecule has 2 N–H and O–H groups in total. The molecule has 0 aliphatic heterocycles. The quantitative estimate of drug-likeness (QED) is 0.879. The largest absolute Gasteiger partial charge is 0.389 e. The summed E-state index contributed by atoms with van der Waals surface area (Å²) in [6.45, 7) is 1.91. The van der Waals surface area contributed by atoms with Crippen LogP contribution in [0.15, 0.2) is 53.4 Å². The van der Waals surface area contributed by atoms with Crippen molar-refractivity contribution in [3.8, 4) is 0 Å². The molecule has 0 radical (unpaired) electrons. The second kappa shape index (κ2) is 5.83. The summed E-state index contributed by atoms with van der Waals surface area (Å²) in [5, 5.41) is 0. The molecule has 0 saturated carbocycles. The van der Waals surface area contributed by atoms with Gasteiger partial charge < -0.3 is 5.73 Å². The van der Waals surface area contributed by atoms with E-state index in [-0.39, 0.29) is 9.88 Å². The topological polar surface area (TPSA) is 63.4 Å². The number of hydrogen-bond acceptors (Lipinski definition) is 3. The molecule has 2 rings (SSSR count). The van der Waals surface area contributed by atoms with Crippen LogP contribution in [0.4, 0.5) is 5.69 Å². The van der Waals surface area contributed by atoms with E-state index in [4.69, 9.17) is 18.0 Å². The molecule has 4 nitrogen and oxygen atoms in total. The fourth-order valence-corrected chi connectivity index (χ4v) is 3.64. The predicted molar refractivity (Wildman–Crippen MR) is 89.1 cm³/mol. The van der Waals surface area contributed by atoms with Crippen LogP contribution >= 0.6 is 12.2 Å². The molecule has 2 aromatic carbocycles. The summed E-state index contributed by atoms with van der Waals surface area (Å²) in [4.78, 5) is 0.174. The molecule has 21 heavy (non-hydrogen) atoms. The average Bonchev–Trinajstić information content (AvgIpc) is 2.46. The number of sulfonamides is 1. The molecule has 0 heterocycles. The van der Waals surface area contributed by atoms with Crippen LogP contribution in [0.3, 0.4) is 0 Å². The van der Waals surface area contributed by atoms with Gasteiger partial charge in [0.15, 0.2) is 0 Å². The van der Waals surface area contributed by atoms with E-state index in [1.807, 2.05) is 19.1 Å². The van der Waals surface area contributed by atoms with Crippen molar-refractivity contribution in [2.45, 2.75) is 11.8 Å². The fraction of sp³-hybridized carbons (Fsp3) is 0.133. The number of aryl methyl sites for hydroxylation is 1. The van der Waals surface area contributed by atoms with Crippen molar-refractivity contribution in [2.75, 3.05) is 11.4 Å². The summed E-state index contributed by atoms with van der Waals surface area (Å²) in [6.07, 6.45) is 0. The van der Waals surface area contributed by atoms with Crippen LogP contribution in [0, 0.1) is 6.92 Å². The van der Waals surface area contributed by atoms with Crippen molar-refractivity contribution in [2.24, 2.45) is 5.73 Å². The predicted octanol–water partition coefficient (Wildman–Crippen LogP) is 2.45. The molecule has 0 fully saturated rings. The summed E-state index contributed by atoms with van der Waals surface area (Å²) in [5.41, 5.74) is 7.55. The first-order valence-electron chi connectivity index (χ1n) is 6.28. The molecule has 0 spiro atoms. The zero-order chi connectivity index (χ0) is 15.6. The van der Waals surface area contributed by atoms with Gasteiger partial charge >= 0.3 is 0 Å². The van der Waals surface area contributed by atoms with E-state index in [1.54, 1.807) is 30.3 Å². The van der Waals surface area contributed by atoms with E-state index in [2.05, 4.69) is 0 Å². The lowest BCUT2D eigenvalue weighted by molar-refractivity contribution is 0.594. The van der Waals surface area contributed by atoms with Crippen molar-refractivity contribution >= 4 is 32.9 Å². The maximum absolute atomic E-state index is 12.8. The minimum atomic E-state index is -3.72. The zero-order valence-electron chi connectivity index (χ0n) is 11.8. The Hall–Kier alpha value is -1.92. The SMILES string of the molecule is Cc1cccc(N(C)S(=O)(=O)c2ccccc2C(N)=S)c1. The third-order valence-electron chi connectivity index (χ3n) is 3.16. The Bertz CT molecular complexity index is 786. The summed E-state index contributed by atoms with van der Waals surface area (Å²) in [6, 6.07) is 13.8. The number of nitrogens with two attached hydrogens (primary N) is 1. The summed E-state index contributed by atoms with van der Waals surface area (Å²) in [5.74, 6) is 0. The van der Waals surface area contributed by atoms with Gasteiger partial charge in [-0.3, -0.25) is 4.31 Å². The Labute approximate surface area is 130 Å². The molecule has 0 amide bonds. The molecule has 0 saturated heterocycles. The first-order chi connectivity index (χ1) is 9.84. The molecular formula is C15H16N2O2S2. The highest BCUT2D eigenvalue weighted by molar-refractivity contribution is 7.93. The maximum Gasteiger partial charge on any atom is 0.264 e. The monoisotopic (exact) mass is 320 g/mol. The van der Waals surface area contributed by atoms with Gasteiger partial charge in [-0.1, -0.05) is 42.5 Å². The van der Waals surface area contributed by atoms with Gasteiger partial charge in [0, 0.05) is 12.6 Å². The summed E-state index contributed by atoms with van der Waals surface area (Å²) >= 11 is 4.94. The second-order valence-corrected chi connectivity index (χ2v) is 7.05. The molecule has 0 aliphatic rings. The average molecular weight is 320 g/mol. The standard InChI is InChI=1S/C15H16N2O2S2/c1-11-6-5-7-12(10-11)17(2)21(18,19)14-9-4-3-8-13(14)15(16)20/h3-10H,1-2H3,(H2,16,20). The van der Waals surface area contributed by atoms with Gasteiger partial charge in [-0.15, -0.1) is 0 Å². The van der Waals surface area contributed by atoms with Gasteiger partial charge in [-0.05, 0) is 30.7 Å². The number of rotatable bonds is 4. The normalized spacial score (nSPS) is 11.1. The molecule has 0 aromatic heterocycles. The highest BCUT2D eigenvalue weighted by Crippen LogP contribution is 2.25. The minimum absolute atomic E-state index is 0.0619. The maximum atomic E-state index is 12.8. The lowest BCUT2D eigenvalue weighted by atomic mass is 10.2. The van der Waals surface area contributed by atoms with Gasteiger partial charge in [0.1, 0.15) is 4.99 Å². The Morgan fingerprint density at radius 3 is 2.43 bits per heavy atom. The highest BCUT2D eigenvalue weighted by atomic mass is 32.2. The molecular weight excluding hydrogens is 304 g/mol. The van der Waals surface area contributed by atoms with Crippen LogP contribution in [-0.4, -0.2) is 20.5 Å². The van der Waals surface area contributed by atoms with E-state index in [9.17, 15) is 8.42 Å². The van der Waals surface area contributed by atoms with Crippen molar-refractivity contribution < 1.29 is 8.42 Å². The first-order valence-corrected chi connectivity index (χ1v) is 8.13. The van der Waals surface area contributed by atoms with E-state index in [0.717, 1.165) is 5.56 Å². The number of thiocarbonyl (C=S) groups is 1. The Morgan fingerprint density at radius 2 is 1.81 bits per heavy atom. The highest BCUT2D eigenvalue weighted by Gasteiger charge is 2.24. The second-order valence-electron chi connectivity index (χ2n) is 4.67.